The Labute approximate surface area is 208 Å². The molecule has 2 aromatic carbocycles. The first-order chi connectivity index (χ1) is 17.1. The highest BCUT2D eigenvalue weighted by atomic mass is 16.5. The summed E-state index contributed by atoms with van der Waals surface area (Å²) >= 11 is 0. The van der Waals surface area contributed by atoms with E-state index in [-0.39, 0.29) is 36.1 Å². The molecule has 0 saturated carbocycles. The average molecular weight is 479 g/mol. The van der Waals surface area contributed by atoms with Crippen LogP contribution in [-0.2, 0) is 6.54 Å². The Morgan fingerprint density at radius 3 is 2.66 bits per heavy atom. The molecule has 0 aromatic heterocycles. The Balaban J connectivity index is 1.46. The molecule has 7 nitrogen and oxygen atoms in total. The van der Waals surface area contributed by atoms with Crippen LogP contribution in [0.5, 0.6) is 5.75 Å². The summed E-state index contributed by atoms with van der Waals surface area (Å²) in [6.45, 7) is 6.12. The number of urea groups is 1. The molecule has 2 unspecified atom stereocenters. The zero-order valence-electron chi connectivity index (χ0n) is 20.9. The Hall–Kier alpha value is -2.77. The van der Waals surface area contributed by atoms with Crippen molar-refractivity contribution in [3.8, 4) is 5.75 Å². The molecule has 0 radical (unpaired) electrons. The summed E-state index contributed by atoms with van der Waals surface area (Å²) in [5.74, 6) is 1.13. The van der Waals surface area contributed by atoms with Crippen LogP contribution in [0.15, 0.2) is 48.5 Å². The van der Waals surface area contributed by atoms with Gasteiger partial charge in [0, 0.05) is 50.4 Å². The predicted molar refractivity (Wildman–Crippen MR) is 138 cm³/mol. The lowest BCUT2D eigenvalue weighted by molar-refractivity contribution is -0.0390. The van der Waals surface area contributed by atoms with Crippen LogP contribution < -0.4 is 15.4 Å². The number of likely N-dealkylation sites (tertiary alicyclic amines) is 2. The number of fused-ring (bicyclic) bond motifs is 4. The number of amides is 2. The maximum atomic E-state index is 12.7. The van der Waals surface area contributed by atoms with Crippen LogP contribution in [0.25, 0.3) is 0 Å². The molecular formula is C28H38N4O3. The maximum absolute atomic E-state index is 12.7. The Bertz CT molecular complexity index is 1020. The number of benzene rings is 2. The highest BCUT2D eigenvalue weighted by Crippen LogP contribution is 2.56. The van der Waals surface area contributed by atoms with Crippen LogP contribution in [0.3, 0.4) is 0 Å². The largest absolute Gasteiger partial charge is 0.497 e. The average Bonchev–Trinajstić information content (AvgIpc) is 3.28. The lowest BCUT2D eigenvalue weighted by Crippen LogP contribution is -2.64. The number of anilines is 1. The number of methoxy groups -OCH3 is 1. The Kier molecular flexibility index (Phi) is 6.89. The molecule has 2 saturated heterocycles. The summed E-state index contributed by atoms with van der Waals surface area (Å²) < 4.78 is 5.50. The van der Waals surface area contributed by atoms with Gasteiger partial charge in [0.05, 0.1) is 25.8 Å². The fourth-order valence-electron chi connectivity index (χ4n) is 6.58. The SMILES string of the molecule is CCCNC(=O)N1CCC2(CC1)CN(Cc1ccccc1)[C@H](CO)C1Nc3cc(OC)ccc3C12. The number of rotatable bonds is 6. The second-order valence-electron chi connectivity index (χ2n) is 10.3. The standard InChI is InChI=1S/C28H38N4O3/c1-3-13-29-27(34)31-14-11-28(12-15-31)19-32(17-20-7-5-4-6-8-20)24(18-33)26-25(28)22-10-9-21(35-2)16-23(22)30-26/h4-10,16,24-26,30,33H,3,11-15,17-19H2,1-2H3,(H,29,34)/t24-,25?,26?/m1/s1. The van der Waals surface area contributed by atoms with E-state index in [1.54, 1.807) is 7.11 Å². The molecule has 35 heavy (non-hydrogen) atoms. The number of nitrogens with zero attached hydrogens (tertiary/aromatic N) is 2. The van der Waals surface area contributed by atoms with E-state index < -0.39 is 0 Å². The first-order valence-corrected chi connectivity index (χ1v) is 12.9. The van der Waals surface area contributed by atoms with Crippen molar-refractivity contribution >= 4 is 11.7 Å². The van der Waals surface area contributed by atoms with Gasteiger partial charge in [-0.2, -0.15) is 0 Å². The normalized spacial score (nSPS) is 25.0. The minimum Gasteiger partial charge on any atom is -0.497 e. The van der Waals surface area contributed by atoms with Gasteiger partial charge >= 0.3 is 6.03 Å². The van der Waals surface area contributed by atoms with Crippen molar-refractivity contribution in [2.24, 2.45) is 5.41 Å². The lowest BCUT2D eigenvalue weighted by atomic mass is 9.60. The van der Waals surface area contributed by atoms with Gasteiger partial charge in [-0.25, -0.2) is 4.79 Å². The minimum atomic E-state index is 0.00936. The van der Waals surface area contributed by atoms with Gasteiger partial charge in [0.2, 0.25) is 0 Å². The number of piperidine rings is 2. The van der Waals surface area contributed by atoms with Crippen LogP contribution in [-0.4, -0.2) is 72.9 Å². The first kappa shape index (κ1) is 23.9. The van der Waals surface area contributed by atoms with Gasteiger partial charge in [0.1, 0.15) is 5.75 Å². The highest BCUT2D eigenvalue weighted by molar-refractivity contribution is 5.74. The maximum Gasteiger partial charge on any atom is 0.317 e. The number of aliphatic hydroxyl groups is 1. The Morgan fingerprint density at radius 2 is 1.97 bits per heavy atom. The van der Waals surface area contributed by atoms with Crippen LogP contribution in [0.2, 0.25) is 0 Å². The molecule has 188 valence electrons. The van der Waals surface area contributed by atoms with Gasteiger partial charge in [0.15, 0.2) is 0 Å². The second kappa shape index (κ2) is 10.1. The van der Waals surface area contributed by atoms with Crippen molar-refractivity contribution in [1.82, 2.24) is 15.1 Å². The van der Waals surface area contributed by atoms with Gasteiger partial charge < -0.3 is 25.4 Å². The van der Waals surface area contributed by atoms with Gasteiger partial charge in [0.25, 0.3) is 0 Å². The van der Waals surface area contributed by atoms with E-state index in [1.807, 2.05) is 17.0 Å². The highest BCUT2D eigenvalue weighted by Gasteiger charge is 2.56. The fourth-order valence-corrected chi connectivity index (χ4v) is 6.58. The van der Waals surface area contributed by atoms with E-state index in [0.29, 0.717) is 6.54 Å². The van der Waals surface area contributed by atoms with E-state index in [4.69, 9.17) is 4.74 Å². The number of ether oxygens (including phenoxy) is 1. The quantitative estimate of drug-likeness (QED) is 0.591. The van der Waals surface area contributed by atoms with Gasteiger partial charge in [-0.3, -0.25) is 4.90 Å². The number of hydrogen-bond donors (Lipinski definition) is 3. The predicted octanol–water partition coefficient (Wildman–Crippen LogP) is 3.65. The zero-order chi connectivity index (χ0) is 24.4. The van der Waals surface area contributed by atoms with Crippen LogP contribution in [0.1, 0.15) is 43.2 Å². The molecule has 0 bridgehead atoms. The van der Waals surface area contributed by atoms with Crippen molar-refractivity contribution < 1.29 is 14.6 Å². The lowest BCUT2D eigenvalue weighted by Gasteiger charge is -2.56. The summed E-state index contributed by atoms with van der Waals surface area (Å²) in [5.41, 5.74) is 3.71. The third-order valence-electron chi connectivity index (χ3n) is 8.33. The molecule has 3 heterocycles. The fraction of sp³-hybridized carbons (Fsp3) is 0.536. The van der Waals surface area contributed by atoms with Gasteiger partial charge in [-0.15, -0.1) is 0 Å². The van der Waals surface area contributed by atoms with Gasteiger partial charge in [-0.1, -0.05) is 43.3 Å². The molecule has 2 aromatic rings. The summed E-state index contributed by atoms with van der Waals surface area (Å²) in [6, 6.07) is 17.0. The van der Waals surface area contributed by atoms with Crippen LogP contribution >= 0.6 is 0 Å². The molecule has 2 fully saturated rings. The number of aliphatic hydroxyl groups excluding tert-OH is 1. The van der Waals surface area contributed by atoms with Crippen molar-refractivity contribution in [2.75, 3.05) is 45.2 Å². The summed E-state index contributed by atoms with van der Waals surface area (Å²) in [7, 11) is 1.70. The summed E-state index contributed by atoms with van der Waals surface area (Å²) in [4.78, 5) is 17.1. The first-order valence-electron chi connectivity index (χ1n) is 12.9. The third kappa shape index (κ3) is 4.47. The molecule has 1 spiro atoms. The molecule has 3 atom stereocenters. The molecular weight excluding hydrogens is 440 g/mol. The van der Waals surface area contributed by atoms with E-state index in [0.717, 1.165) is 56.9 Å². The van der Waals surface area contributed by atoms with Crippen molar-refractivity contribution in [3.05, 3.63) is 59.7 Å². The molecule has 0 aliphatic carbocycles. The van der Waals surface area contributed by atoms with Crippen molar-refractivity contribution in [3.63, 3.8) is 0 Å². The van der Waals surface area contributed by atoms with Gasteiger partial charge in [-0.05, 0) is 41.9 Å². The number of carbonyl (C=O) groups excluding carboxylic acids is 1. The van der Waals surface area contributed by atoms with E-state index in [9.17, 15) is 9.90 Å². The van der Waals surface area contributed by atoms with E-state index in [1.165, 1.54) is 11.1 Å². The minimum absolute atomic E-state index is 0.00936. The number of carbonyl (C=O) groups is 1. The zero-order valence-corrected chi connectivity index (χ0v) is 20.9. The molecule has 7 heteroatoms. The van der Waals surface area contributed by atoms with Crippen molar-refractivity contribution in [2.45, 2.75) is 50.7 Å². The topological polar surface area (TPSA) is 77.1 Å². The molecule has 3 aliphatic rings. The monoisotopic (exact) mass is 478 g/mol. The molecule has 2 amide bonds. The third-order valence-corrected chi connectivity index (χ3v) is 8.33. The smallest absolute Gasteiger partial charge is 0.317 e. The van der Waals surface area contributed by atoms with E-state index >= 15 is 0 Å². The Morgan fingerprint density at radius 1 is 1.20 bits per heavy atom. The molecule has 3 N–H and O–H groups in total. The number of hydrogen-bond acceptors (Lipinski definition) is 5. The summed E-state index contributed by atoms with van der Waals surface area (Å²) in [6.07, 6.45) is 2.84. The van der Waals surface area contributed by atoms with E-state index in [2.05, 4.69) is 58.9 Å². The molecule has 3 aliphatic heterocycles. The number of nitrogens with one attached hydrogen (secondary N) is 2. The van der Waals surface area contributed by atoms with Crippen molar-refractivity contribution in [1.29, 1.82) is 0 Å². The molecule has 5 rings (SSSR count). The summed E-state index contributed by atoms with van der Waals surface area (Å²) in [5, 5.41) is 17.4. The van der Waals surface area contributed by atoms with Crippen LogP contribution in [0, 0.1) is 5.41 Å². The second-order valence-corrected chi connectivity index (χ2v) is 10.3. The van der Waals surface area contributed by atoms with Crippen LogP contribution in [0.4, 0.5) is 10.5 Å².